The lowest BCUT2D eigenvalue weighted by atomic mass is 10.1. The molecule has 41 heavy (non-hydrogen) atoms. The average Bonchev–Trinajstić information content (AvgIpc) is 3.61. The van der Waals surface area contributed by atoms with Gasteiger partial charge >= 0.3 is 0 Å². The minimum absolute atomic E-state index is 0.102. The van der Waals surface area contributed by atoms with E-state index in [9.17, 15) is 8.42 Å². The number of hydrogen-bond acceptors (Lipinski definition) is 8. The Balaban J connectivity index is 1.89. The van der Waals surface area contributed by atoms with E-state index in [1.165, 1.54) is 31.0 Å². The van der Waals surface area contributed by atoms with Crippen molar-refractivity contribution >= 4 is 41.7 Å². The quantitative estimate of drug-likeness (QED) is 0.170. The Kier molecular flexibility index (Phi) is 9.25. The number of aryl methyl sites for hydroxylation is 1. The number of anilines is 1. The normalized spacial score (nSPS) is 11.9. The molecule has 0 aliphatic carbocycles. The summed E-state index contributed by atoms with van der Waals surface area (Å²) in [5.41, 5.74) is 1.72. The second kappa shape index (κ2) is 12.5. The van der Waals surface area contributed by atoms with Crippen LogP contribution in [0.1, 0.15) is 11.3 Å². The number of para-hydroxylation sites is 1. The highest BCUT2D eigenvalue weighted by molar-refractivity contribution is 7.92. The van der Waals surface area contributed by atoms with Crippen molar-refractivity contribution < 1.29 is 22.3 Å². The van der Waals surface area contributed by atoms with Gasteiger partial charge in [-0.05, 0) is 41.9 Å². The fraction of sp³-hybridized carbons (Fsp3) is 0.321. The fourth-order valence-corrected chi connectivity index (χ4v) is 6.90. The van der Waals surface area contributed by atoms with Crippen molar-refractivity contribution in [1.29, 1.82) is 0 Å². The monoisotopic (exact) mass is 615 g/mol. The van der Waals surface area contributed by atoms with Crippen LogP contribution in [0.25, 0.3) is 23.3 Å². The van der Waals surface area contributed by atoms with Gasteiger partial charge in [-0.1, -0.05) is 50.0 Å². The van der Waals surface area contributed by atoms with Crippen molar-refractivity contribution in [3.05, 3.63) is 71.7 Å². The highest BCUT2D eigenvalue weighted by Gasteiger charge is 2.33. The zero-order valence-corrected chi connectivity index (χ0v) is 26.4. The molecule has 0 unspecified atom stereocenters. The second-order valence-corrected chi connectivity index (χ2v) is 18.6. The molecule has 4 aromatic rings. The van der Waals surface area contributed by atoms with Gasteiger partial charge in [-0.3, -0.25) is 9.55 Å². The lowest BCUT2D eigenvalue weighted by Crippen LogP contribution is -2.39. The number of benzene rings is 1. The predicted octanol–water partition coefficient (Wildman–Crippen LogP) is 5.95. The van der Waals surface area contributed by atoms with E-state index in [0.29, 0.717) is 51.1 Å². The Bertz CT molecular complexity index is 1590. The van der Waals surface area contributed by atoms with Gasteiger partial charge in [0.2, 0.25) is 21.8 Å². The third kappa shape index (κ3) is 6.83. The van der Waals surface area contributed by atoms with E-state index in [4.69, 9.17) is 25.5 Å². The average molecular weight is 616 g/mol. The molecule has 3 aromatic heterocycles. The number of aromatic nitrogens is 4. The fourth-order valence-electron chi connectivity index (χ4n) is 4.27. The summed E-state index contributed by atoms with van der Waals surface area (Å²) in [6.45, 7) is 10.6. The summed E-state index contributed by atoms with van der Waals surface area (Å²) in [5, 5.41) is 9.27. The van der Waals surface area contributed by atoms with E-state index in [1.54, 1.807) is 47.0 Å². The van der Waals surface area contributed by atoms with Crippen LogP contribution >= 0.6 is 11.6 Å². The van der Waals surface area contributed by atoms with Gasteiger partial charge in [0.15, 0.2) is 5.76 Å². The van der Waals surface area contributed by atoms with Crippen LogP contribution in [0.5, 0.6) is 11.5 Å². The van der Waals surface area contributed by atoms with Crippen LogP contribution in [0.2, 0.25) is 30.7 Å². The van der Waals surface area contributed by atoms with Crippen molar-refractivity contribution in [3.8, 4) is 28.8 Å². The van der Waals surface area contributed by atoms with Gasteiger partial charge in [0.25, 0.3) is 0 Å². The van der Waals surface area contributed by atoms with Crippen LogP contribution in [0.4, 0.5) is 5.95 Å². The van der Waals surface area contributed by atoms with E-state index in [0.717, 1.165) is 0 Å². The first kappa shape index (κ1) is 30.3. The Morgan fingerprint density at radius 2 is 1.83 bits per heavy atom. The van der Waals surface area contributed by atoms with Crippen molar-refractivity contribution in [3.63, 3.8) is 0 Å². The molecule has 218 valence electrons. The van der Waals surface area contributed by atoms with E-state index in [1.807, 2.05) is 0 Å². The maximum absolute atomic E-state index is 14.2. The molecular weight excluding hydrogens is 582 g/mol. The molecule has 4 rings (SSSR count). The first-order valence-corrected chi connectivity index (χ1v) is 18.7. The van der Waals surface area contributed by atoms with Gasteiger partial charge in [0.1, 0.15) is 17.2 Å². The molecule has 0 N–H and O–H groups in total. The summed E-state index contributed by atoms with van der Waals surface area (Å²) in [6, 6.07) is 11.2. The number of nitrogens with zero attached hydrogens (tertiary/aromatic N) is 5. The molecule has 1 aromatic carbocycles. The summed E-state index contributed by atoms with van der Waals surface area (Å²) in [7, 11) is -2.57. The minimum atomic E-state index is -3.94. The number of methoxy groups -OCH3 is 2. The number of rotatable bonds is 13. The van der Waals surface area contributed by atoms with Gasteiger partial charge in [0.05, 0.1) is 31.3 Å². The number of sulfonamides is 1. The van der Waals surface area contributed by atoms with E-state index in [2.05, 4.69) is 41.4 Å². The van der Waals surface area contributed by atoms with E-state index < -0.39 is 18.1 Å². The Morgan fingerprint density at radius 3 is 2.41 bits per heavy atom. The molecule has 13 heteroatoms. The first-order valence-electron chi connectivity index (χ1n) is 13.0. The number of pyridine rings is 1. The number of furan rings is 1. The van der Waals surface area contributed by atoms with Crippen LogP contribution in [-0.2, 0) is 16.4 Å². The Labute approximate surface area is 246 Å². The molecule has 3 heterocycles. The topological polar surface area (TPSA) is 113 Å². The van der Waals surface area contributed by atoms with E-state index >= 15 is 0 Å². The van der Waals surface area contributed by atoms with Gasteiger partial charge < -0.3 is 13.9 Å². The van der Waals surface area contributed by atoms with Crippen molar-refractivity contribution in [2.45, 2.75) is 32.1 Å². The summed E-state index contributed by atoms with van der Waals surface area (Å²) in [5.74, 6) is 1.48. The van der Waals surface area contributed by atoms with E-state index in [-0.39, 0.29) is 24.7 Å². The number of ether oxygens (including phenoxy) is 2. The van der Waals surface area contributed by atoms with Crippen LogP contribution < -0.4 is 13.8 Å². The van der Waals surface area contributed by atoms with Crippen molar-refractivity contribution in [2.24, 2.45) is 0 Å². The highest BCUT2D eigenvalue weighted by atomic mass is 35.5. The molecule has 10 nitrogen and oxygen atoms in total. The van der Waals surface area contributed by atoms with Crippen LogP contribution in [0.3, 0.4) is 0 Å². The second-order valence-electron chi connectivity index (χ2n) is 10.5. The smallest absolute Gasteiger partial charge is 0.246 e. The molecule has 0 spiro atoms. The highest BCUT2D eigenvalue weighted by Crippen LogP contribution is 2.39. The summed E-state index contributed by atoms with van der Waals surface area (Å²) < 4.78 is 48.3. The van der Waals surface area contributed by atoms with Gasteiger partial charge in [0, 0.05) is 32.9 Å². The lowest BCUT2D eigenvalue weighted by Gasteiger charge is -2.27. The predicted molar refractivity (Wildman–Crippen MR) is 164 cm³/mol. The largest absolute Gasteiger partial charge is 0.494 e. The van der Waals surface area contributed by atoms with Gasteiger partial charge in [-0.15, -0.1) is 10.2 Å². The Morgan fingerprint density at radius 1 is 1.12 bits per heavy atom. The molecule has 0 bridgehead atoms. The van der Waals surface area contributed by atoms with Crippen LogP contribution in [0.15, 0.2) is 59.9 Å². The summed E-state index contributed by atoms with van der Waals surface area (Å²) in [6.07, 6.45) is 4.79. The molecule has 0 aliphatic rings. The van der Waals surface area contributed by atoms with Crippen LogP contribution in [-0.4, -0.2) is 62.8 Å². The van der Waals surface area contributed by atoms with Gasteiger partial charge in [-0.25, -0.2) is 12.7 Å². The molecule has 0 fully saturated rings. The maximum Gasteiger partial charge on any atom is 0.246 e. The molecule has 0 saturated heterocycles. The molecule has 0 amide bonds. The molecule has 0 aliphatic heterocycles. The Hall–Kier alpha value is -3.61. The third-order valence-electron chi connectivity index (χ3n) is 6.42. The first-order chi connectivity index (χ1) is 19.5. The molecule has 0 radical (unpaired) electrons. The molecule has 0 saturated carbocycles. The number of hydrogen-bond donors (Lipinski definition) is 0. The van der Waals surface area contributed by atoms with Crippen molar-refractivity contribution in [2.75, 3.05) is 30.8 Å². The summed E-state index contributed by atoms with van der Waals surface area (Å²) in [4.78, 5) is 4.36. The third-order valence-corrected chi connectivity index (χ3v) is 10.1. The van der Waals surface area contributed by atoms with Crippen molar-refractivity contribution in [1.82, 2.24) is 19.7 Å². The standard InChI is InChI=1S/C28H34ClN5O5SSi/c1-7-20-18-21(29)19-30-22(20)13-16-40(35,36)33(14-17-41(4,5)6)28-32-31-27(25-12-9-15-39-25)34(28)26-23(37-2)10-8-11-24(26)38-3/h7-12,15,18-19H,1,13-14,16-17H2,2-6H3. The SMILES string of the molecule is C=Cc1cc(Cl)cnc1CCS(=O)(=O)N(CC[Si](C)(C)C)c1nnc(-c2ccco2)n1-c1c(OC)cccc1OC. The zero-order chi connectivity index (χ0) is 29.8. The van der Waals surface area contributed by atoms with Gasteiger partial charge in [-0.2, -0.15) is 0 Å². The number of halogens is 1. The zero-order valence-electron chi connectivity index (χ0n) is 23.8. The minimum Gasteiger partial charge on any atom is -0.494 e. The maximum atomic E-state index is 14.2. The summed E-state index contributed by atoms with van der Waals surface area (Å²) >= 11 is 6.09. The lowest BCUT2D eigenvalue weighted by molar-refractivity contribution is 0.391. The molecule has 0 atom stereocenters. The molecular formula is C28H34ClN5O5SSi. The van der Waals surface area contributed by atoms with Crippen LogP contribution in [0, 0.1) is 0 Å².